The maximum atomic E-state index is 13.1. The van der Waals surface area contributed by atoms with Gasteiger partial charge in [-0.2, -0.15) is 0 Å². The van der Waals surface area contributed by atoms with Crippen molar-refractivity contribution in [3.05, 3.63) is 69.8 Å². The van der Waals surface area contributed by atoms with Crippen molar-refractivity contribution >= 4 is 16.8 Å². The van der Waals surface area contributed by atoms with Crippen LogP contribution in [0.25, 0.3) is 10.9 Å². The summed E-state index contributed by atoms with van der Waals surface area (Å²) in [5, 5.41) is 10.1. The molecule has 0 saturated carbocycles. The van der Waals surface area contributed by atoms with Crippen LogP contribution in [0, 0.1) is 5.82 Å². The van der Waals surface area contributed by atoms with Gasteiger partial charge in [-0.15, -0.1) is 0 Å². The Morgan fingerprint density at radius 3 is 2.57 bits per heavy atom. The number of nitrogens with one attached hydrogen (secondary N) is 1. The first-order chi connectivity index (χ1) is 13.5. The molecule has 0 fully saturated rings. The number of rotatable bonds is 5. The molecule has 0 atom stereocenters. The van der Waals surface area contributed by atoms with Gasteiger partial charge in [-0.3, -0.25) is 9.59 Å². The number of pyridine rings is 1. The number of H-pyrrole nitrogens is 1. The van der Waals surface area contributed by atoms with E-state index < -0.39 is 11.7 Å². The molecule has 0 spiro atoms. The number of aliphatic hydroxyl groups excluding tert-OH is 1. The van der Waals surface area contributed by atoms with Crippen LogP contribution in [0.3, 0.4) is 0 Å². The van der Waals surface area contributed by atoms with E-state index >= 15 is 0 Å². The molecule has 7 nitrogen and oxygen atoms in total. The minimum Gasteiger partial charge on any atom is -0.454 e. The molecule has 28 heavy (non-hydrogen) atoms. The summed E-state index contributed by atoms with van der Waals surface area (Å²) in [4.78, 5) is 29.3. The lowest BCUT2D eigenvalue weighted by atomic mass is 10.1. The third kappa shape index (κ3) is 3.41. The van der Waals surface area contributed by atoms with E-state index in [0.29, 0.717) is 22.6 Å². The highest BCUT2D eigenvalue weighted by Gasteiger charge is 2.19. The van der Waals surface area contributed by atoms with Crippen LogP contribution in [-0.4, -0.2) is 40.8 Å². The molecule has 0 unspecified atom stereocenters. The van der Waals surface area contributed by atoms with Gasteiger partial charge in [0.05, 0.1) is 18.7 Å². The average molecular weight is 384 g/mol. The highest BCUT2D eigenvalue weighted by Crippen LogP contribution is 2.35. The number of aromatic nitrogens is 1. The molecule has 0 aliphatic carbocycles. The molecule has 1 aromatic heterocycles. The SMILES string of the molecule is O=C(c1ccc(F)cc1)N(CCO)Cc1cc2cc3c(cc2[nH]c1=O)OCO3. The molecule has 0 bridgehead atoms. The van der Waals surface area contributed by atoms with E-state index in [1.54, 1.807) is 18.2 Å². The van der Waals surface area contributed by atoms with E-state index in [-0.39, 0.29) is 37.6 Å². The Kier molecular flexibility index (Phi) is 4.70. The number of fused-ring (bicyclic) bond motifs is 2. The normalized spacial score (nSPS) is 12.4. The molecule has 2 aromatic carbocycles. The fourth-order valence-corrected chi connectivity index (χ4v) is 3.11. The van der Waals surface area contributed by atoms with Gasteiger partial charge in [-0.05, 0) is 36.4 Å². The Morgan fingerprint density at radius 1 is 1.14 bits per heavy atom. The standard InChI is InChI=1S/C20H17FN2O5/c21-15-3-1-12(2-4-15)20(26)23(5-6-24)10-14-7-13-8-17-18(28-11-27-17)9-16(13)22-19(14)25/h1-4,7-9,24H,5-6,10-11H2,(H,22,25). The van der Waals surface area contributed by atoms with Gasteiger partial charge in [0.15, 0.2) is 11.5 Å². The van der Waals surface area contributed by atoms with Crippen LogP contribution < -0.4 is 15.0 Å². The van der Waals surface area contributed by atoms with Crippen molar-refractivity contribution in [3.8, 4) is 11.5 Å². The third-order valence-corrected chi connectivity index (χ3v) is 4.52. The maximum Gasteiger partial charge on any atom is 0.254 e. The van der Waals surface area contributed by atoms with Crippen molar-refractivity contribution in [2.45, 2.75) is 6.54 Å². The summed E-state index contributed by atoms with van der Waals surface area (Å²) >= 11 is 0. The van der Waals surface area contributed by atoms with Gasteiger partial charge in [-0.25, -0.2) is 4.39 Å². The lowest BCUT2D eigenvalue weighted by molar-refractivity contribution is 0.0707. The molecule has 8 heteroatoms. The zero-order valence-corrected chi connectivity index (χ0v) is 14.8. The van der Waals surface area contributed by atoms with Gasteiger partial charge in [0, 0.05) is 29.1 Å². The van der Waals surface area contributed by atoms with Gasteiger partial charge in [0.2, 0.25) is 6.79 Å². The molecular formula is C20H17FN2O5. The minimum atomic E-state index is -0.449. The number of carbonyl (C=O) groups is 1. The second-order valence-electron chi connectivity index (χ2n) is 6.37. The Bertz CT molecular complexity index is 1090. The van der Waals surface area contributed by atoms with Crippen molar-refractivity contribution in [2.75, 3.05) is 19.9 Å². The van der Waals surface area contributed by atoms with E-state index in [9.17, 15) is 19.1 Å². The van der Waals surface area contributed by atoms with Crippen LogP contribution in [0.15, 0.2) is 47.3 Å². The van der Waals surface area contributed by atoms with E-state index in [1.807, 2.05) is 0 Å². The first-order valence-electron chi connectivity index (χ1n) is 8.66. The fourth-order valence-electron chi connectivity index (χ4n) is 3.11. The van der Waals surface area contributed by atoms with Crippen molar-refractivity contribution in [1.82, 2.24) is 9.88 Å². The summed E-state index contributed by atoms with van der Waals surface area (Å²) < 4.78 is 23.8. The highest BCUT2D eigenvalue weighted by atomic mass is 19.1. The van der Waals surface area contributed by atoms with Gasteiger partial charge in [0.25, 0.3) is 11.5 Å². The van der Waals surface area contributed by atoms with Gasteiger partial charge >= 0.3 is 0 Å². The van der Waals surface area contributed by atoms with Crippen molar-refractivity contribution in [1.29, 1.82) is 0 Å². The van der Waals surface area contributed by atoms with Gasteiger partial charge in [0.1, 0.15) is 5.82 Å². The zero-order chi connectivity index (χ0) is 19.7. The molecule has 0 saturated heterocycles. The molecule has 144 valence electrons. The number of amides is 1. The van der Waals surface area contributed by atoms with Crippen molar-refractivity contribution in [2.24, 2.45) is 0 Å². The summed E-state index contributed by atoms with van der Waals surface area (Å²) in [6.45, 7) is -0.110. The quantitative estimate of drug-likeness (QED) is 0.702. The molecular weight excluding hydrogens is 367 g/mol. The second-order valence-corrected chi connectivity index (χ2v) is 6.37. The smallest absolute Gasteiger partial charge is 0.254 e. The molecule has 1 amide bonds. The number of ether oxygens (including phenoxy) is 2. The molecule has 3 aromatic rings. The Labute approximate surface area is 158 Å². The molecule has 2 heterocycles. The molecule has 0 radical (unpaired) electrons. The van der Waals surface area contributed by atoms with Crippen LogP contribution >= 0.6 is 0 Å². The minimum absolute atomic E-state index is 0.00349. The number of hydrogen-bond acceptors (Lipinski definition) is 5. The summed E-state index contributed by atoms with van der Waals surface area (Å²) in [5.41, 5.74) is 0.878. The number of aliphatic hydroxyl groups is 1. The summed E-state index contributed by atoms with van der Waals surface area (Å²) in [5.74, 6) is 0.290. The van der Waals surface area contributed by atoms with Crippen molar-refractivity contribution < 1.29 is 23.8 Å². The number of nitrogens with zero attached hydrogens (tertiary/aromatic N) is 1. The highest BCUT2D eigenvalue weighted by molar-refractivity contribution is 5.94. The first kappa shape index (κ1) is 18.0. The van der Waals surface area contributed by atoms with Crippen LogP contribution in [0.5, 0.6) is 11.5 Å². The predicted molar refractivity (Wildman–Crippen MR) is 98.9 cm³/mol. The number of aromatic amines is 1. The summed E-state index contributed by atoms with van der Waals surface area (Å²) in [6.07, 6.45) is 0. The van der Waals surface area contributed by atoms with Crippen LogP contribution in [0.4, 0.5) is 4.39 Å². The topological polar surface area (TPSA) is 91.9 Å². The molecule has 2 N–H and O–H groups in total. The van der Waals surface area contributed by atoms with Crippen LogP contribution in [0.2, 0.25) is 0 Å². The molecule has 1 aliphatic heterocycles. The van der Waals surface area contributed by atoms with Gasteiger partial charge in [-0.1, -0.05) is 0 Å². The second kappa shape index (κ2) is 7.32. The zero-order valence-electron chi connectivity index (χ0n) is 14.8. The summed E-state index contributed by atoms with van der Waals surface area (Å²) in [7, 11) is 0. The van der Waals surface area contributed by atoms with E-state index in [0.717, 1.165) is 5.39 Å². The summed E-state index contributed by atoms with van der Waals surface area (Å²) in [6, 6.07) is 10.2. The van der Waals surface area contributed by atoms with Crippen LogP contribution in [0.1, 0.15) is 15.9 Å². The Balaban J connectivity index is 1.66. The number of benzene rings is 2. The van der Waals surface area contributed by atoms with Crippen molar-refractivity contribution in [3.63, 3.8) is 0 Å². The van der Waals surface area contributed by atoms with Crippen LogP contribution in [-0.2, 0) is 6.54 Å². The maximum absolute atomic E-state index is 13.1. The Morgan fingerprint density at radius 2 is 1.86 bits per heavy atom. The Hall–Kier alpha value is -3.39. The average Bonchev–Trinajstić information content (AvgIpc) is 3.13. The first-order valence-corrected chi connectivity index (χ1v) is 8.66. The van der Waals surface area contributed by atoms with E-state index in [2.05, 4.69) is 4.98 Å². The monoisotopic (exact) mass is 384 g/mol. The number of carbonyl (C=O) groups excluding carboxylic acids is 1. The molecule has 1 aliphatic rings. The van der Waals surface area contributed by atoms with Gasteiger partial charge < -0.3 is 24.5 Å². The third-order valence-electron chi connectivity index (χ3n) is 4.52. The van der Waals surface area contributed by atoms with E-state index in [1.165, 1.54) is 29.2 Å². The largest absolute Gasteiger partial charge is 0.454 e. The lowest BCUT2D eigenvalue weighted by Crippen LogP contribution is -2.35. The fraction of sp³-hybridized carbons (Fsp3) is 0.200. The number of halogens is 1. The predicted octanol–water partition coefficient (Wildman–Crippen LogP) is 2.03. The lowest BCUT2D eigenvalue weighted by Gasteiger charge is -2.22. The van der Waals surface area contributed by atoms with E-state index in [4.69, 9.17) is 9.47 Å². The number of hydrogen-bond donors (Lipinski definition) is 2. The molecule has 4 rings (SSSR count).